The van der Waals surface area contributed by atoms with Gasteiger partial charge < -0.3 is 19.5 Å². The lowest BCUT2D eigenvalue weighted by atomic mass is 10.2. The Morgan fingerprint density at radius 2 is 1.63 bits per heavy atom. The van der Waals surface area contributed by atoms with Crippen molar-refractivity contribution in [2.24, 2.45) is 0 Å². The van der Waals surface area contributed by atoms with Gasteiger partial charge in [0, 0.05) is 6.54 Å². The molecule has 0 aromatic heterocycles. The highest BCUT2D eigenvalue weighted by molar-refractivity contribution is 7.86. The second kappa shape index (κ2) is 12.7. The fourth-order valence-corrected chi connectivity index (χ4v) is 2.72. The van der Waals surface area contributed by atoms with E-state index in [9.17, 15) is 13.2 Å². The standard InChI is InChI=1S/C18H29NO7S/c1-4-16(3)26-18(20)19-9-10-23-11-12-24-13-14-25-27(21,22)17-7-5-15(2)6-8-17/h5-8,16H,4,9-14H2,1-3H3,(H,19,20). The van der Waals surface area contributed by atoms with E-state index >= 15 is 0 Å². The minimum Gasteiger partial charge on any atom is -0.447 e. The first-order chi connectivity index (χ1) is 12.8. The Balaban J connectivity index is 2.01. The summed E-state index contributed by atoms with van der Waals surface area (Å²) in [6.45, 7) is 6.99. The highest BCUT2D eigenvalue weighted by Gasteiger charge is 2.14. The van der Waals surface area contributed by atoms with E-state index in [1.165, 1.54) is 12.1 Å². The SMILES string of the molecule is CCC(C)OC(=O)NCCOCCOCCOS(=O)(=O)c1ccc(C)cc1. The monoisotopic (exact) mass is 403 g/mol. The fourth-order valence-electron chi connectivity index (χ4n) is 1.83. The van der Waals surface area contributed by atoms with E-state index in [4.69, 9.17) is 18.4 Å². The molecule has 1 unspecified atom stereocenters. The van der Waals surface area contributed by atoms with Gasteiger partial charge in [-0.3, -0.25) is 4.18 Å². The van der Waals surface area contributed by atoms with E-state index in [-0.39, 0.29) is 24.2 Å². The van der Waals surface area contributed by atoms with Gasteiger partial charge in [-0.1, -0.05) is 24.6 Å². The summed E-state index contributed by atoms with van der Waals surface area (Å²) in [7, 11) is -3.76. The van der Waals surface area contributed by atoms with Crippen LogP contribution in [0.5, 0.6) is 0 Å². The average Bonchev–Trinajstić information content (AvgIpc) is 2.63. The van der Waals surface area contributed by atoms with Gasteiger partial charge in [0.15, 0.2) is 0 Å². The molecule has 1 rings (SSSR count). The first-order valence-electron chi connectivity index (χ1n) is 8.91. The molecule has 1 atom stereocenters. The van der Waals surface area contributed by atoms with Crippen molar-refractivity contribution < 1.29 is 31.6 Å². The molecule has 0 fully saturated rings. The number of nitrogens with one attached hydrogen (secondary N) is 1. The number of amides is 1. The van der Waals surface area contributed by atoms with Crippen molar-refractivity contribution in [2.75, 3.05) is 39.6 Å². The van der Waals surface area contributed by atoms with Gasteiger partial charge in [-0.15, -0.1) is 0 Å². The minimum absolute atomic E-state index is 0.0702. The lowest BCUT2D eigenvalue weighted by molar-refractivity contribution is 0.0371. The van der Waals surface area contributed by atoms with Crippen LogP contribution in [0.1, 0.15) is 25.8 Å². The molecule has 0 saturated carbocycles. The van der Waals surface area contributed by atoms with Crippen LogP contribution in [-0.4, -0.2) is 60.2 Å². The van der Waals surface area contributed by atoms with Crippen LogP contribution in [-0.2, 0) is 28.5 Å². The number of ether oxygens (including phenoxy) is 3. The molecule has 0 spiro atoms. The molecule has 0 aliphatic heterocycles. The van der Waals surface area contributed by atoms with Crippen LogP contribution in [0.4, 0.5) is 4.79 Å². The molecule has 1 N–H and O–H groups in total. The smallest absolute Gasteiger partial charge is 0.407 e. The van der Waals surface area contributed by atoms with E-state index in [0.717, 1.165) is 12.0 Å². The number of hydrogen-bond donors (Lipinski definition) is 1. The molecule has 9 heteroatoms. The van der Waals surface area contributed by atoms with Crippen molar-refractivity contribution in [3.05, 3.63) is 29.8 Å². The highest BCUT2D eigenvalue weighted by atomic mass is 32.2. The Morgan fingerprint density at radius 3 is 2.26 bits per heavy atom. The number of alkyl carbamates (subject to hydrolysis) is 1. The third-order valence-corrected chi connectivity index (χ3v) is 4.87. The van der Waals surface area contributed by atoms with Crippen molar-refractivity contribution >= 4 is 16.2 Å². The quantitative estimate of drug-likeness (QED) is 0.398. The molecule has 0 radical (unpaired) electrons. The zero-order chi connectivity index (χ0) is 20.1. The molecular formula is C18H29NO7S. The Hall–Kier alpha value is -1.68. The zero-order valence-electron chi connectivity index (χ0n) is 16.1. The number of hydrogen-bond acceptors (Lipinski definition) is 7. The van der Waals surface area contributed by atoms with Gasteiger partial charge in [-0.25, -0.2) is 4.79 Å². The summed E-state index contributed by atoms with van der Waals surface area (Å²) in [6, 6.07) is 6.43. The summed E-state index contributed by atoms with van der Waals surface area (Å²) in [5.74, 6) is 0. The molecule has 0 aliphatic carbocycles. The normalized spacial score (nSPS) is 12.6. The van der Waals surface area contributed by atoms with Crippen LogP contribution < -0.4 is 5.32 Å². The summed E-state index contributed by atoms with van der Waals surface area (Å²) in [4.78, 5) is 11.5. The Bertz CT molecular complexity index is 646. The maximum absolute atomic E-state index is 11.9. The number of carbonyl (C=O) groups is 1. The van der Waals surface area contributed by atoms with Crippen molar-refractivity contribution in [3.8, 4) is 0 Å². The van der Waals surface area contributed by atoms with Gasteiger partial charge in [-0.2, -0.15) is 8.42 Å². The molecule has 27 heavy (non-hydrogen) atoms. The van der Waals surface area contributed by atoms with Crippen LogP contribution >= 0.6 is 0 Å². The summed E-state index contributed by atoms with van der Waals surface area (Å²) < 4.78 is 44.4. The first-order valence-corrected chi connectivity index (χ1v) is 10.3. The molecule has 1 aromatic carbocycles. The van der Waals surface area contributed by atoms with E-state index in [1.807, 2.05) is 20.8 Å². The lowest BCUT2D eigenvalue weighted by Crippen LogP contribution is -2.30. The predicted octanol–water partition coefficient (Wildman–Crippen LogP) is 2.26. The molecule has 1 aromatic rings. The fraction of sp³-hybridized carbons (Fsp3) is 0.611. The maximum atomic E-state index is 11.9. The second-order valence-corrected chi connectivity index (χ2v) is 7.48. The average molecular weight is 403 g/mol. The number of aryl methyl sites for hydroxylation is 1. The van der Waals surface area contributed by atoms with Crippen LogP contribution in [0.25, 0.3) is 0 Å². The molecule has 0 heterocycles. The van der Waals surface area contributed by atoms with E-state index in [2.05, 4.69) is 5.32 Å². The topological polar surface area (TPSA) is 100 Å². The van der Waals surface area contributed by atoms with Gasteiger partial charge in [0.2, 0.25) is 0 Å². The molecule has 0 saturated heterocycles. The zero-order valence-corrected chi connectivity index (χ0v) is 16.9. The molecule has 8 nitrogen and oxygen atoms in total. The molecular weight excluding hydrogens is 374 g/mol. The molecule has 0 bridgehead atoms. The number of carbonyl (C=O) groups excluding carboxylic acids is 1. The Kier molecular flexibility index (Phi) is 11.0. The maximum Gasteiger partial charge on any atom is 0.407 e. The second-order valence-electron chi connectivity index (χ2n) is 5.86. The number of benzene rings is 1. The van der Waals surface area contributed by atoms with Crippen molar-refractivity contribution in [3.63, 3.8) is 0 Å². The highest BCUT2D eigenvalue weighted by Crippen LogP contribution is 2.12. The summed E-state index contributed by atoms with van der Waals surface area (Å²) in [6.07, 6.45) is 0.185. The molecule has 1 amide bonds. The predicted molar refractivity (Wildman–Crippen MR) is 100 cm³/mol. The van der Waals surface area contributed by atoms with Crippen molar-refractivity contribution in [2.45, 2.75) is 38.2 Å². The van der Waals surface area contributed by atoms with E-state index < -0.39 is 16.2 Å². The van der Waals surface area contributed by atoms with Crippen LogP contribution in [0, 0.1) is 6.92 Å². The van der Waals surface area contributed by atoms with E-state index in [1.54, 1.807) is 12.1 Å². The first kappa shape index (κ1) is 23.4. The van der Waals surface area contributed by atoms with E-state index in [0.29, 0.717) is 26.4 Å². The molecule has 154 valence electrons. The Morgan fingerprint density at radius 1 is 1.04 bits per heavy atom. The van der Waals surface area contributed by atoms with Crippen molar-refractivity contribution in [1.82, 2.24) is 5.32 Å². The van der Waals surface area contributed by atoms with Gasteiger partial charge in [-0.05, 0) is 32.4 Å². The summed E-state index contributed by atoms with van der Waals surface area (Å²) in [5, 5.41) is 2.58. The lowest BCUT2D eigenvalue weighted by Gasteiger charge is -2.12. The van der Waals surface area contributed by atoms with Gasteiger partial charge >= 0.3 is 6.09 Å². The molecule has 0 aliphatic rings. The van der Waals surface area contributed by atoms with Gasteiger partial charge in [0.25, 0.3) is 10.1 Å². The van der Waals surface area contributed by atoms with Crippen molar-refractivity contribution in [1.29, 1.82) is 0 Å². The van der Waals surface area contributed by atoms with Crippen LogP contribution in [0.3, 0.4) is 0 Å². The third-order valence-electron chi connectivity index (χ3n) is 3.55. The van der Waals surface area contributed by atoms with Crippen LogP contribution in [0.2, 0.25) is 0 Å². The summed E-state index contributed by atoms with van der Waals surface area (Å²) >= 11 is 0. The number of rotatable bonds is 13. The van der Waals surface area contributed by atoms with Crippen LogP contribution in [0.15, 0.2) is 29.2 Å². The van der Waals surface area contributed by atoms with Gasteiger partial charge in [0.1, 0.15) is 6.10 Å². The third kappa shape index (κ3) is 10.3. The Labute approximate surface area is 161 Å². The summed E-state index contributed by atoms with van der Waals surface area (Å²) in [5.41, 5.74) is 0.972. The largest absolute Gasteiger partial charge is 0.447 e. The minimum atomic E-state index is -3.76. The van der Waals surface area contributed by atoms with Gasteiger partial charge in [0.05, 0.1) is 37.9 Å².